The molecule has 0 bridgehead atoms. The van der Waals surface area contributed by atoms with Gasteiger partial charge in [-0.15, -0.1) is 0 Å². The second-order valence-corrected chi connectivity index (χ2v) is 2.54. The first-order valence-corrected chi connectivity index (χ1v) is 4.14. The van der Waals surface area contributed by atoms with Gasteiger partial charge in [0.1, 0.15) is 6.04 Å². The molecule has 0 unspecified atom stereocenters. The lowest BCUT2D eigenvalue weighted by atomic mass is 10.2. The normalized spacial score (nSPS) is 12.6. The van der Waals surface area contributed by atoms with Crippen LogP contribution in [0.5, 0.6) is 0 Å². The van der Waals surface area contributed by atoms with E-state index in [1.807, 2.05) is 13.8 Å². The van der Waals surface area contributed by atoms with Crippen LogP contribution in [0.15, 0.2) is 0 Å². The molecule has 0 aliphatic carbocycles. The monoisotopic (exact) mass is 159 g/mol. The van der Waals surface area contributed by atoms with Crippen molar-refractivity contribution in [1.29, 1.82) is 0 Å². The lowest BCUT2D eigenvalue weighted by molar-refractivity contribution is -0.145. The Bertz CT molecular complexity index is 115. The molecule has 3 heteroatoms. The quantitative estimate of drug-likeness (QED) is 0.482. The average molecular weight is 159 g/mol. The maximum absolute atomic E-state index is 10.9. The minimum absolute atomic E-state index is 0.277. The molecule has 0 aromatic carbocycles. The van der Waals surface area contributed by atoms with E-state index in [9.17, 15) is 4.79 Å². The molecule has 0 aromatic rings. The van der Waals surface area contributed by atoms with Crippen LogP contribution in [-0.4, -0.2) is 18.6 Å². The highest BCUT2D eigenvalue weighted by Crippen LogP contribution is 1.93. The van der Waals surface area contributed by atoms with E-state index in [0.29, 0.717) is 13.0 Å². The molecule has 0 amide bonds. The largest absolute Gasteiger partial charge is 0.465 e. The number of esters is 1. The third-order valence-electron chi connectivity index (χ3n) is 1.48. The number of carbonyl (C=O) groups is 1. The summed E-state index contributed by atoms with van der Waals surface area (Å²) in [5.41, 5.74) is 5.42. The van der Waals surface area contributed by atoms with Crippen LogP contribution in [0.25, 0.3) is 0 Å². The molecule has 3 nitrogen and oxygen atoms in total. The third kappa shape index (κ3) is 4.79. The summed E-state index contributed by atoms with van der Waals surface area (Å²) in [4.78, 5) is 10.9. The summed E-state index contributed by atoms with van der Waals surface area (Å²) >= 11 is 0. The Balaban J connectivity index is 3.36. The van der Waals surface area contributed by atoms with Crippen molar-refractivity contribution in [2.24, 2.45) is 5.73 Å². The van der Waals surface area contributed by atoms with Crippen LogP contribution in [-0.2, 0) is 9.53 Å². The van der Waals surface area contributed by atoms with Gasteiger partial charge in [0, 0.05) is 0 Å². The van der Waals surface area contributed by atoms with E-state index in [0.717, 1.165) is 12.8 Å². The van der Waals surface area contributed by atoms with Crippen molar-refractivity contribution in [2.45, 2.75) is 39.2 Å². The zero-order valence-electron chi connectivity index (χ0n) is 7.30. The molecule has 1 atom stereocenters. The van der Waals surface area contributed by atoms with Gasteiger partial charge in [-0.3, -0.25) is 4.79 Å². The molecule has 0 aromatic heterocycles. The number of ether oxygens (including phenoxy) is 1. The van der Waals surface area contributed by atoms with Crippen LogP contribution < -0.4 is 5.73 Å². The smallest absolute Gasteiger partial charge is 0.322 e. The van der Waals surface area contributed by atoms with E-state index in [4.69, 9.17) is 10.5 Å². The van der Waals surface area contributed by atoms with Gasteiger partial charge in [0.2, 0.25) is 0 Å². The fraction of sp³-hybridized carbons (Fsp3) is 0.875. The van der Waals surface area contributed by atoms with Gasteiger partial charge in [0.25, 0.3) is 0 Å². The third-order valence-corrected chi connectivity index (χ3v) is 1.48. The Morgan fingerprint density at radius 2 is 2.18 bits per heavy atom. The van der Waals surface area contributed by atoms with Gasteiger partial charge in [-0.1, -0.05) is 20.3 Å². The molecule has 0 saturated carbocycles. The summed E-state index contributed by atoms with van der Waals surface area (Å²) in [6.07, 6.45) is 2.60. The standard InChI is InChI=1S/C8H17NO2/c1-3-5-6-11-8(10)7(9)4-2/h7H,3-6,9H2,1-2H3/t7-/m0/s1. The first-order chi connectivity index (χ1) is 5.22. The number of hydrogen-bond acceptors (Lipinski definition) is 3. The van der Waals surface area contributed by atoms with Gasteiger partial charge in [0.05, 0.1) is 6.61 Å². The van der Waals surface area contributed by atoms with Crippen LogP contribution >= 0.6 is 0 Å². The second-order valence-electron chi connectivity index (χ2n) is 2.54. The van der Waals surface area contributed by atoms with E-state index in [1.54, 1.807) is 0 Å². The highest BCUT2D eigenvalue weighted by Gasteiger charge is 2.10. The Kier molecular flexibility index (Phi) is 5.84. The lowest BCUT2D eigenvalue weighted by Crippen LogP contribution is -2.31. The van der Waals surface area contributed by atoms with Gasteiger partial charge >= 0.3 is 5.97 Å². The van der Waals surface area contributed by atoms with E-state index >= 15 is 0 Å². The number of nitrogens with two attached hydrogens (primary N) is 1. The van der Waals surface area contributed by atoms with Crippen LogP contribution in [0, 0.1) is 0 Å². The molecule has 0 aliphatic heterocycles. The van der Waals surface area contributed by atoms with Gasteiger partial charge < -0.3 is 10.5 Å². The van der Waals surface area contributed by atoms with Crippen molar-refractivity contribution in [3.63, 3.8) is 0 Å². The van der Waals surface area contributed by atoms with Gasteiger partial charge in [0.15, 0.2) is 0 Å². The highest BCUT2D eigenvalue weighted by atomic mass is 16.5. The summed E-state index contributed by atoms with van der Waals surface area (Å²) in [6, 6.07) is -0.438. The summed E-state index contributed by atoms with van der Waals surface area (Å²) in [7, 11) is 0. The molecule has 2 N–H and O–H groups in total. The van der Waals surface area contributed by atoms with Crippen molar-refractivity contribution >= 4 is 5.97 Å². The lowest BCUT2D eigenvalue weighted by Gasteiger charge is -2.07. The molecule has 0 saturated heterocycles. The van der Waals surface area contributed by atoms with E-state index in [1.165, 1.54) is 0 Å². The average Bonchev–Trinajstić information content (AvgIpc) is 2.03. The predicted octanol–water partition coefficient (Wildman–Crippen LogP) is 1.07. The molecule has 0 aliphatic rings. The SMILES string of the molecule is CCCCOC(=O)[C@@H](N)CC. The van der Waals surface area contributed by atoms with Crippen molar-refractivity contribution in [1.82, 2.24) is 0 Å². The molecule has 0 spiro atoms. The molecule has 66 valence electrons. The van der Waals surface area contributed by atoms with Crippen LogP contribution in [0.2, 0.25) is 0 Å². The molecule has 11 heavy (non-hydrogen) atoms. The first-order valence-electron chi connectivity index (χ1n) is 4.14. The van der Waals surface area contributed by atoms with E-state index in [-0.39, 0.29) is 5.97 Å². The van der Waals surface area contributed by atoms with Crippen LogP contribution in [0.3, 0.4) is 0 Å². The number of rotatable bonds is 5. The topological polar surface area (TPSA) is 52.3 Å². The number of carbonyl (C=O) groups excluding carboxylic acids is 1. The summed E-state index contributed by atoms with van der Waals surface area (Å²) in [5.74, 6) is -0.277. The Morgan fingerprint density at radius 1 is 1.55 bits per heavy atom. The summed E-state index contributed by atoms with van der Waals surface area (Å²) < 4.78 is 4.87. The molecule has 0 fully saturated rings. The molecule has 0 rings (SSSR count). The summed E-state index contributed by atoms with van der Waals surface area (Å²) in [6.45, 7) is 4.42. The molecular formula is C8H17NO2. The van der Waals surface area contributed by atoms with Gasteiger partial charge in [-0.05, 0) is 12.8 Å². The van der Waals surface area contributed by atoms with Crippen LogP contribution in [0.1, 0.15) is 33.1 Å². The second kappa shape index (κ2) is 6.16. The number of hydrogen-bond donors (Lipinski definition) is 1. The Morgan fingerprint density at radius 3 is 2.64 bits per heavy atom. The highest BCUT2D eigenvalue weighted by molar-refractivity contribution is 5.75. The minimum Gasteiger partial charge on any atom is -0.465 e. The van der Waals surface area contributed by atoms with Crippen molar-refractivity contribution in [2.75, 3.05) is 6.61 Å². The Labute approximate surface area is 67.9 Å². The van der Waals surface area contributed by atoms with Crippen molar-refractivity contribution < 1.29 is 9.53 Å². The molecular weight excluding hydrogens is 142 g/mol. The zero-order valence-corrected chi connectivity index (χ0v) is 7.30. The van der Waals surface area contributed by atoms with E-state index in [2.05, 4.69) is 0 Å². The fourth-order valence-electron chi connectivity index (χ4n) is 0.591. The van der Waals surface area contributed by atoms with Gasteiger partial charge in [-0.25, -0.2) is 0 Å². The fourth-order valence-corrected chi connectivity index (χ4v) is 0.591. The minimum atomic E-state index is -0.438. The van der Waals surface area contributed by atoms with Gasteiger partial charge in [-0.2, -0.15) is 0 Å². The van der Waals surface area contributed by atoms with Crippen molar-refractivity contribution in [3.8, 4) is 0 Å². The maximum Gasteiger partial charge on any atom is 0.322 e. The predicted molar refractivity (Wildman–Crippen MR) is 44.1 cm³/mol. The Hall–Kier alpha value is -0.570. The first kappa shape index (κ1) is 10.4. The maximum atomic E-state index is 10.9. The molecule has 0 heterocycles. The zero-order chi connectivity index (χ0) is 8.69. The summed E-state index contributed by atoms with van der Waals surface area (Å²) in [5, 5.41) is 0. The van der Waals surface area contributed by atoms with Crippen molar-refractivity contribution in [3.05, 3.63) is 0 Å². The number of unbranched alkanes of at least 4 members (excludes halogenated alkanes) is 1. The van der Waals surface area contributed by atoms with Crippen LogP contribution in [0.4, 0.5) is 0 Å². The molecule has 0 radical (unpaired) electrons. The van der Waals surface area contributed by atoms with E-state index < -0.39 is 6.04 Å².